The van der Waals surface area contributed by atoms with E-state index in [0.29, 0.717) is 18.2 Å². The molecule has 2 rings (SSSR count). The second kappa shape index (κ2) is 7.30. The van der Waals surface area contributed by atoms with Crippen LogP contribution in [0, 0.1) is 0 Å². The highest BCUT2D eigenvalue weighted by atomic mass is 32.1. The molecule has 0 aliphatic carbocycles. The third-order valence-electron chi connectivity index (χ3n) is 2.74. The molecule has 0 aliphatic heterocycles. The number of carbonyl (C=O) groups excluding carboxylic acids is 1. The number of rotatable bonds is 7. The summed E-state index contributed by atoms with van der Waals surface area (Å²) in [6, 6.07) is 7.67. The van der Waals surface area contributed by atoms with Crippen LogP contribution in [0.4, 0.5) is 5.13 Å². The standard InChI is InChI=1S/C13H17N3O3S/c17-7-5-16(6-8-18)9-12(19)15-13-14-10-3-1-2-4-11(10)20-13/h1-4,17-18H,5-9H2,(H,14,15,19). The van der Waals surface area contributed by atoms with Crippen LogP contribution in [0.3, 0.4) is 0 Å². The Kier molecular flexibility index (Phi) is 5.42. The molecule has 0 saturated heterocycles. The van der Waals surface area contributed by atoms with E-state index in [1.54, 1.807) is 4.90 Å². The van der Waals surface area contributed by atoms with Crippen molar-refractivity contribution in [3.05, 3.63) is 24.3 Å². The molecule has 1 amide bonds. The van der Waals surface area contributed by atoms with Gasteiger partial charge in [-0.2, -0.15) is 0 Å². The van der Waals surface area contributed by atoms with Crippen molar-refractivity contribution in [2.45, 2.75) is 0 Å². The predicted molar refractivity (Wildman–Crippen MR) is 78.9 cm³/mol. The van der Waals surface area contributed by atoms with Gasteiger partial charge in [0.25, 0.3) is 0 Å². The molecule has 3 N–H and O–H groups in total. The van der Waals surface area contributed by atoms with Crippen LogP contribution in [-0.4, -0.2) is 58.9 Å². The zero-order valence-electron chi connectivity index (χ0n) is 11.0. The SMILES string of the molecule is O=C(CN(CCO)CCO)Nc1nc2ccccc2s1. The lowest BCUT2D eigenvalue weighted by Crippen LogP contribution is -2.37. The van der Waals surface area contributed by atoms with Gasteiger partial charge in [-0.1, -0.05) is 23.5 Å². The fourth-order valence-electron chi connectivity index (χ4n) is 1.84. The van der Waals surface area contributed by atoms with Gasteiger partial charge in [-0.25, -0.2) is 4.98 Å². The summed E-state index contributed by atoms with van der Waals surface area (Å²) in [4.78, 5) is 17.9. The number of para-hydroxylation sites is 1. The monoisotopic (exact) mass is 295 g/mol. The van der Waals surface area contributed by atoms with Crippen molar-refractivity contribution in [3.8, 4) is 0 Å². The summed E-state index contributed by atoms with van der Waals surface area (Å²) in [5.41, 5.74) is 0.857. The summed E-state index contributed by atoms with van der Waals surface area (Å²) in [6.45, 7) is 0.738. The van der Waals surface area contributed by atoms with Crippen molar-refractivity contribution < 1.29 is 15.0 Å². The van der Waals surface area contributed by atoms with Gasteiger partial charge in [0.05, 0.1) is 30.0 Å². The Hall–Kier alpha value is -1.54. The number of hydrogen-bond acceptors (Lipinski definition) is 6. The molecule has 0 spiro atoms. The van der Waals surface area contributed by atoms with Gasteiger partial charge in [0.15, 0.2) is 5.13 Å². The summed E-state index contributed by atoms with van der Waals surface area (Å²) in [6.07, 6.45) is 0. The highest BCUT2D eigenvalue weighted by molar-refractivity contribution is 7.22. The molecule has 6 nitrogen and oxygen atoms in total. The molecule has 0 aliphatic rings. The molecule has 7 heteroatoms. The molecule has 0 fully saturated rings. The second-order valence-corrected chi connectivity index (χ2v) is 5.29. The minimum Gasteiger partial charge on any atom is -0.395 e. The van der Waals surface area contributed by atoms with Crippen LogP contribution in [0.5, 0.6) is 0 Å². The van der Waals surface area contributed by atoms with E-state index in [4.69, 9.17) is 10.2 Å². The van der Waals surface area contributed by atoms with E-state index in [0.717, 1.165) is 10.2 Å². The second-order valence-electron chi connectivity index (χ2n) is 4.26. The van der Waals surface area contributed by atoms with Crippen molar-refractivity contribution in [1.29, 1.82) is 0 Å². The number of aromatic nitrogens is 1. The number of amides is 1. The number of thiazole rings is 1. The number of nitrogens with zero attached hydrogens (tertiary/aromatic N) is 2. The van der Waals surface area contributed by atoms with Gasteiger partial charge in [-0.15, -0.1) is 0 Å². The molecule has 0 bridgehead atoms. The highest BCUT2D eigenvalue weighted by Gasteiger charge is 2.12. The van der Waals surface area contributed by atoms with Crippen LogP contribution in [0.1, 0.15) is 0 Å². The first-order chi connectivity index (χ1) is 9.72. The minimum absolute atomic E-state index is 0.0472. The molecular formula is C13H17N3O3S. The zero-order valence-corrected chi connectivity index (χ0v) is 11.8. The van der Waals surface area contributed by atoms with Crippen LogP contribution in [0.25, 0.3) is 10.2 Å². The maximum absolute atomic E-state index is 11.9. The van der Waals surface area contributed by atoms with E-state index >= 15 is 0 Å². The zero-order chi connectivity index (χ0) is 14.4. The summed E-state index contributed by atoms with van der Waals surface area (Å²) in [7, 11) is 0. The topological polar surface area (TPSA) is 85.7 Å². The van der Waals surface area contributed by atoms with Crippen LogP contribution in [0.2, 0.25) is 0 Å². The average Bonchev–Trinajstić information content (AvgIpc) is 2.81. The molecule has 1 heterocycles. The van der Waals surface area contributed by atoms with Crippen molar-refractivity contribution in [3.63, 3.8) is 0 Å². The lowest BCUT2D eigenvalue weighted by atomic mass is 10.3. The van der Waals surface area contributed by atoms with Crippen LogP contribution < -0.4 is 5.32 Å². The molecule has 0 radical (unpaired) electrons. The Morgan fingerprint density at radius 2 is 1.95 bits per heavy atom. The number of fused-ring (bicyclic) bond motifs is 1. The van der Waals surface area contributed by atoms with Gasteiger partial charge >= 0.3 is 0 Å². The van der Waals surface area contributed by atoms with Gasteiger partial charge in [0.2, 0.25) is 5.91 Å². The molecule has 0 atom stereocenters. The number of carbonyl (C=O) groups is 1. The summed E-state index contributed by atoms with van der Waals surface area (Å²) >= 11 is 1.42. The Balaban J connectivity index is 1.96. The fourth-order valence-corrected chi connectivity index (χ4v) is 2.72. The molecule has 0 saturated carbocycles. The smallest absolute Gasteiger partial charge is 0.240 e. The number of hydrogen-bond donors (Lipinski definition) is 3. The maximum Gasteiger partial charge on any atom is 0.240 e. The third-order valence-corrected chi connectivity index (χ3v) is 3.69. The van der Waals surface area contributed by atoms with Gasteiger partial charge in [0.1, 0.15) is 0 Å². The molecule has 108 valence electrons. The van der Waals surface area contributed by atoms with E-state index < -0.39 is 0 Å². The van der Waals surface area contributed by atoms with E-state index in [2.05, 4.69) is 10.3 Å². The lowest BCUT2D eigenvalue weighted by molar-refractivity contribution is -0.117. The predicted octanol–water partition coefficient (Wildman–Crippen LogP) is 0.521. The van der Waals surface area contributed by atoms with Gasteiger partial charge < -0.3 is 15.5 Å². The van der Waals surface area contributed by atoms with E-state index in [-0.39, 0.29) is 25.7 Å². The van der Waals surface area contributed by atoms with Crippen molar-refractivity contribution >= 4 is 32.6 Å². The first-order valence-corrected chi connectivity index (χ1v) is 7.14. The summed E-state index contributed by atoms with van der Waals surface area (Å²) in [5.74, 6) is -0.203. The quantitative estimate of drug-likeness (QED) is 0.693. The van der Waals surface area contributed by atoms with Crippen LogP contribution in [0.15, 0.2) is 24.3 Å². The highest BCUT2D eigenvalue weighted by Crippen LogP contribution is 2.25. The van der Waals surface area contributed by atoms with Crippen LogP contribution >= 0.6 is 11.3 Å². The summed E-state index contributed by atoms with van der Waals surface area (Å²) in [5, 5.41) is 21.1. The van der Waals surface area contributed by atoms with Crippen LogP contribution in [-0.2, 0) is 4.79 Å². The van der Waals surface area contributed by atoms with Gasteiger partial charge in [-0.05, 0) is 12.1 Å². The van der Waals surface area contributed by atoms with Crippen molar-refractivity contribution in [1.82, 2.24) is 9.88 Å². The Bertz CT molecular complexity index is 534. The normalized spacial score (nSPS) is 11.2. The summed E-state index contributed by atoms with van der Waals surface area (Å²) < 4.78 is 1.02. The molecule has 2 aromatic rings. The lowest BCUT2D eigenvalue weighted by Gasteiger charge is -2.18. The largest absolute Gasteiger partial charge is 0.395 e. The molecular weight excluding hydrogens is 278 g/mol. The van der Waals surface area contributed by atoms with Crippen molar-refractivity contribution in [2.24, 2.45) is 0 Å². The fraction of sp³-hybridized carbons (Fsp3) is 0.385. The van der Waals surface area contributed by atoms with Gasteiger partial charge in [-0.3, -0.25) is 9.69 Å². The van der Waals surface area contributed by atoms with E-state index in [9.17, 15) is 4.79 Å². The van der Waals surface area contributed by atoms with Gasteiger partial charge in [0, 0.05) is 13.1 Å². The minimum atomic E-state index is -0.203. The Labute approximate surface area is 120 Å². The first-order valence-electron chi connectivity index (χ1n) is 6.32. The maximum atomic E-state index is 11.9. The van der Waals surface area contributed by atoms with Crippen molar-refractivity contribution in [2.75, 3.05) is 38.2 Å². The molecule has 0 unspecified atom stereocenters. The van der Waals surface area contributed by atoms with E-state index in [1.807, 2.05) is 24.3 Å². The third kappa shape index (κ3) is 3.97. The Morgan fingerprint density at radius 3 is 2.60 bits per heavy atom. The number of aliphatic hydroxyl groups is 2. The Morgan fingerprint density at radius 1 is 1.25 bits per heavy atom. The molecule has 20 heavy (non-hydrogen) atoms. The number of nitrogens with one attached hydrogen (secondary N) is 1. The number of aliphatic hydroxyl groups excluding tert-OH is 2. The number of anilines is 1. The van der Waals surface area contributed by atoms with E-state index in [1.165, 1.54) is 11.3 Å². The average molecular weight is 295 g/mol. The number of benzene rings is 1. The first kappa shape index (κ1) is 14.9. The molecule has 1 aromatic heterocycles. The molecule has 1 aromatic carbocycles.